The van der Waals surface area contributed by atoms with Crippen LogP contribution in [-0.2, 0) is 11.2 Å². The van der Waals surface area contributed by atoms with Crippen LogP contribution in [0, 0.1) is 12.7 Å². The minimum absolute atomic E-state index is 0.0270. The molecule has 2 aromatic rings. The number of hydrogen-bond acceptors (Lipinski definition) is 9. The van der Waals surface area contributed by atoms with Gasteiger partial charge in [0.15, 0.2) is 6.10 Å². The van der Waals surface area contributed by atoms with Gasteiger partial charge >= 0.3 is 5.97 Å². The summed E-state index contributed by atoms with van der Waals surface area (Å²) in [6.07, 6.45) is -7.09. The molecule has 1 aromatic heterocycles. The van der Waals surface area contributed by atoms with E-state index < -0.39 is 42.8 Å². The van der Waals surface area contributed by atoms with E-state index in [-0.39, 0.29) is 29.7 Å². The summed E-state index contributed by atoms with van der Waals surface area (Å²) in [5, 5.41) is 64.1. The normalized spacial score (nSPS) is 28.8. The zero-order valence-electron chi connectivity index (χ0n) is 17.3. The van der Waals surface area contributed by atoms with Crippen molar-refractivity contribution >= 4 is 0 Å². The van der Waals surface area contributed by atoms with Gasteiger partial charge in [-0.15, -0.1) is 5.10 Å². The molecule has 5 atom stereocenters. The van der Waals surface area contributed by atoms with Gasteiger partial charge in [0.1, 0.15) is 29.9 Å². The van der Waals surface area contributed by atoms with Gasteiger partial charge in [0.25, 0.3) is 0 Å². The molecule has 1 saturated heterocycles. The van der Waals surface area contributed by atoms with Gasteiger partial charge in [0.05, 0.1) is 6.61 Å². The standard InChI is InChI=1S/C20H27FN2O8/c1-9(2)23-10(3)13(6-11-4-5-12(25)7-14(11)21)19(22-23)31-20(29)18(28)17(27)16(26)15(8-24)30-20/h4-5,7,9,15-18,24-29H,6,8H2,1-3H3/t15-,16-,17+,18-,20+/m1/s1. The summed E-state index contributed by atoms with van der Waals surface area (Å²) in [7, 11) is 0. The lowest BCUT2D eigenvalue weighted by Gasteiger charge is -2.43. The first-order valence-electron chi connectivity index (χ1n) is 9.78. The fraction of sp³-hybridized carbons (Fsp3) is 0.550. The van der Waals surface area contributed by atoms with E-state index in [0.29, 0.717) is 11.3 Å². The Bertz CT molecular complexity index is 934. The number of rotatable bonds is 6. The number of ether oxygens (including phenoxy) is 2. The van der Waals surface area contributed by atoms with E-state index in [9.17, 15) is 35.0 Å². The molecule has 3 rings (SSSR count). The molecular formula is C20H27FN2O8. The number of nitrogens with zero attached hydrogens (tertiary/aromatic N) is 2. The average Bonchev–Trinajstić information content (AvgIpc) is 3.01. The molecule has 0 radical (unpaired) electrons. The Morgan fingerprint density at radius 1 is 1.26 bits per heavy atom. The smallest absolute Gasteiger partial charge is 0.356 e. The van der Waals surface area contributed by atoms with Crippen molar-refractivity contribution in [3.05, 3.63) is 40.8 Å². The Labute approximate surface area is 177 Å². The molecule has 1 fully saturated rings. The van der Waals surface area contributed by atoms with Crippen molar-refractivity contribution in [3.8, 4) is 11.6 Å². The molecule has 172 valence electrons. The number of phenols is 1. The van der Waals surface area contributed by atoms with Crippen LogP contribution in [0.1, 0.15) is 36.7 Å². The Balaban J connectivity index is 2.01. The fourth-order valence-corrected chi connectivity index (χ4v) is 3.53. The number of aromatic hydroxyl groups is 1. The molecule has 2 heterocycles. The zero-order valence-corrected chi connectivity index (χ0v) is 17.3. The quantitative estimate of drug-likeness (QED) is 0.331. The van der Waals surface area contributed by atoms with Crippen LogP contribution in [0.15, 0.2) is 18.2 Å². The van der Waals surface area contributed by atoms with Crippen molar-refractivity contribution < 1.29 is 44.5 Å². The van der Waals surface area contributed by atoms with Gasteiger partial charge in [0.2, 0.25) is 5.88 Å². The van der Waals surface area contributed by atoms with E-state index in [2.05, 4.69) is 5.10 Å². The third-order valence-electron chi connectivity index (χ3n) is 5.30. The van der Waals surface area contributed by atoms with E-state index in [0.717, 1.165) is 6.07 Å². The van der Waals surface area contributed by atoms with Crippen molar-refractivity contribution in [3.63, 3.8) is 0 Å². The van der Waals surface area contributed by atoms with Crippen LogP contribution < -0.4 is 4.74 Å². The Morgan fingerprint density at radius 3 is 2.52 bits per heavy atom. The SMILES string of the molecule is Cc1c(Cc2ccc(O)cc2F)c(O[C@@]2(O)O[C@H](CO)[C@@H](O)[C@H](O)[C@H]2O)nn1C(C)C. The number of hydrogen-bond donors (Lipinski definition) is 6. The first-order valence-corrected chi connectivity index (χ1v) is 9.78. The van der Waals surface area contributed by atoms with Crippen LogP contribution in [0.25, 0.3) is 0 Å². The van der Waals surface area contributed by atoms with E-state index in [1.165, 1.54) is 12.1 Å². The van der Waals surface area contributed by atoms with Crippen LogP contribution in [0.5, 0.6) is 11.6 Å². The second-order valence-electron chi connectivity index (χ2n) is 7.86. The Hall–Kier alpha value is -2.28. The summed E-state index contributed by atoms with van der Waals surface area (Å²) in [5.74, 6) is -3.92. The van der Waals surface area contributed by atoms with Crippen LogP contribution >= 0.6 is 0 Å². The predicted octanol–water partition coefficient (Wildman–Crippen LogP) is -0.293. The third kappa shape index (κ3) is 4.38. The average molecular weight is 442 g/mol. The molecule has 11 heteroatoms. The minimum Gasteiger partial charge on any atom is -0.508 e. The summed E-state index contributed by atoms with van der Waals surface area (Å²) in [6, 6.07) is 3.55. The number of phenolic OH excluding ortho intramolecular Hbond substituents is 1. The van der Waals surface area contributed by atoms with Crippen molar-refractivity contribution in [2.75, 3.05) is 6.61 Å². The first kappa shape index (κ1) is 23.4. The number of aromatic nitrogens is 2. The maximum Gasteiger partial charge on any atom is 0.356 e. The van der Waals surface area contributed by atoms with E-state index in [1.54, 1.807) is 11.6 Å². The van der Waals surface area contributed by atoms with Gasteiger partial charge in [-0.3, -0.25) is 4.68 Å². The minimum atomic E-state index is -2.84. The largest absolute Gasteiger partial charge is 0.508 e. The molecule has 0 aliphatic carbocycles. The van der Waals surface area contributed by atoms with Crippen LogP contribution in [-0.4, -0.2) is 77.4 Å². The lowest BCUT2D eigenvalue weighted by molar-refractivity contribution is -0.423. The Kier molecular flexibility index (Phi) is 6.56. The van der Waals surface area contributed by atoms with Gasteiger partial charge in [0, 0.05) is 29.8 Å². The molecule has 0 unspecified atom stereocenters. The summed E-state index contributed by atoms with van der Waals surface area (Å²) in [4.78, 5) is 0. The van der Waals surface area contributed by atoms with Gasteiger partial charge in [-0.1, -0.05) is 6.07 Å². The number of benzene rings is 1. The highest BCUT2D eigenvalue weighted by atomic mass is 19.1. The van der Waals surface area contributed by atoms with Gasteiger partial charge in [-0.05, 0) is 32.4 Å². The lowest BCUT2D eigenvalue weighted by Crippen LogP contribution is -2.67. The highest BCUT2D eigenvalue weighted by Gasteiger charge is 2.55. The zero-order chi connectivity index (χ0) is 23.1. The summed E-state index contributed by atoms with van der Waals surface area (Å²) >= 11 is 0. The second kappa shape index (κ2) is 8.69. The van der Waals surface area contributed by atoms with Crippen LogP contribution in [0.4, 0.5) is 4.39 Å². The van der Waals surface area contributed by atoms with Crippen LogP contribution in [0.3, 0.4) is 0 Å². The molecule has 10 nitrogen and oxygen atoms in total. The molecule has 1 aromatic carbocycles. The number of halogens is 1. The van der Waals surface area contributed by atoms with Gasteiger partial charge < -0.3 is 40.1 Å². The van der Waals surface area contributed by atoms with E-state index in [1.807, 2.05) is 13.8 Å². The number of aliphatic hydroxyl groups excluding tert-OH is 4. The monoisotopic (exact) mass is 442 g/mol. The van der Waals surface area contributed by atoms with Crippen molar-refractivity contribution in [1.29, 1.82) is 0 Å². The molecule has 6 N–H and O–H groups in total. The first-order chi connectivity index (χ1) is 14.5. The molecule has 0 bridgehead atoms. The van der Waals surface area contributed by atoms with Crippen molar-refractivity contribution in [1.82, 2.24) is 9.78 Å². The fourth-order valence-electron chi connectivity index (χ4n) is 3.53. The van der Waals surface area contributed by atoms with E-state index >= 15 is 0 Å². The molecular weight excluding hydrogens is 415 g/mol. The van der Waals surface area contributed by atoms with Gasteiger partial charge in [-0.2, -0.15) is 0 Å². The molecule has 0 saturated carbocycles. The van der Waals surface area contributed by atoms with Gasteiger partial charge in [-0.25, -0.2) is 4.39 Å². The van der Waals surface area contributed by atoms with Crippen LogP contribution in [0.2, 0.25) is 0 Å². The molecule has 0 spiro atoms. The maximum absolute atomic E-state index is 14.3. The highest BCUT2D eigenvalue weighted by molar-refractivity contribution is 5.39. The molecule has 0 amide bonds. The van der Waals surface area contributed by atoms with Crippen molar-refractivity contribution in [2.45, 2.75) is 63.6 Å². The molecule has 31 heavy (non-hydrogen) atoms. The number of aliphatic hydroxyl groups is 5. The second-order valence-corrected chi connectivity index (χ2v) is 7.86. The molecule has 1 aliphatic rings. The maximum atomic E-state index is 14.3. The van der Waals surface area contributed by atoms with E-state index in [4.69, 9.17) is 9.47 Å². The Morgan fingerprint density at radius 2 is 1.94 bits per heavy atom. The highest BCUT2D eigenvalue weighted by Crippen LogP contribution is 2.35. The summed E-state index contributed by atoms with van der Waals surface area (Å²) in [6.45, 7) is 4.64. The predicted molar refractivity (Wildman–Crippen MR) is 104 cm³/mol. The topological polar surface area (TPSA) is 158 Å². The lowest BCUT2D eigenvalue weighted by atomic mass is 9.98. The third-order valence-corrected chi connectivity index (χ3v) is 5.30. The molecule has 1 aliphatic heterocycles. The summed E-state index contributed by atoms with van der Waals surface area (Å²) in [5.41, 5.74) is 1.17. The summed E-state index contributed by atoms with van der Waals surface area (Å²) < 4.78 is 26.5. The van der Waals surface area contributed by atoms with Crippen molar-refractivity contribution in [2.24, 2.45) is 0 Å².